The van der Waals surface area contributed by atoms with Crippen molar-refractivity contribution in [1.29, 1.82) is 0 Å². The number of hydrogen-bond acceptors (Lipinski definition) is 5. The summed E-state index contributed by atoms with van der Waals surface area (Å²) in [5.41, 5.74) is 0. The molecule has 0 radical (unpaired) electrons. The summed E-state index contributed by atoms with van der Waals surface area (Å²) in [6, 6.07) is 0. The third kappa shape index (κ3) is 6.94. The molecule has 0 amide bonds. The second-order valence-corrected chi connectivity index (χ2v) is 4.32. The topological polar surface area (TPSA) is 86.7 Å². The molecule has 78 valence electrons. The van der Waals surface area contributed by atoms with Gasteiger partial charge in [-0.1, -0.05) is 6.08 Å². The smallest absolute Gasteiger partial charge is 0.748 e. The van der Waals surface area contributed by atoms with Gasteiger partial charge in [-0.2, -0.15) is 0 Å². The second-order valence-electron chi connectivity index (χ2n) is 2.59. The normalized spacial score (nSPS) is 15.4. The third-order valence-corrected chi connectivity index (χ3v) is 2.75. The number of rotatable bonds is 6. The molecule has 0 aliphatic carbocycles. The minimum absolute atomic E-state index is 0. The van der Waals surface area contributed by atoms with Crippen LogP contribution in [0.5, 0.6) is 0 Å². The monoisotopic (exact) mass is 232 g/mol. The molecular weight excluding hydrogens is 219 g/mol. The Labute approximate surface area is 106 Å². The largest absolute Gasteiger partial charge is 1.00 e. The summed E-state index contributed by atoms with van der Waals surface area (Å²) in [5, 5.41) is 7.79. The van der Waals surface area contributed by atoms with E-state index in [1.54, 1.807) is 0 Å². The summed E-state index contributed by atoms with van der Waals surface area (Å²) in [6.45, 7) is 4.53. The van der Waals surface area contributed by atoms with Crippen LogP contribution in [-0.2, 0) is 14.9 Å². The number of hydrogen-bond donors (Lipinski definition) is 1. The summed E-state index contributed by atoms with van der Waals surface area (Å²) in [5.74, 6) is 0. The van der Waals surface area contributed by atoms with Crippen molar-refractivity contribution in [2.45, 2.75) is 18.3 Å². The zero-order chi connectivity index (χ0) is 10.5. The maximum atomic E-state index is 10.4. The summed E-state index contributed by atoms with van der Waals surface area (Å²) >= 11 is 0. The first-order valence-electron chi connectivity index (χ1n) is 3.71. The first-order chi connectivity index (χ1) is 5.89. The molecule has 14 heavy (non-hydrogen) atoms. The van der Waals surface area contributed by atoms with E-state index in [-0.39, 0.29) is 42.8 Å². The fourth-order valence-corrected chi connectivity index (χ4v) is 1.06. The van der Waals surface area contributed by atoms with E-state index in [1.807, 2.05) is 0 Å². The fraction of sp³-hybridized carbons (Fsp3) is 0.714. The van der Waals surface area contributed by atoms with Crippen LogP contribution in [0.1, 0.15) is 6.92 Å². The van der Waals surface area contributed by atoms with Crippen LogP contribution in [0, 0.1) is 0 Å². The van der Waals surface area contributed by atoms with Crippen LogP contribution in [0.3, 0.4) is 0 Å². The van der Waals surface area contributed by atoms with Gasteiger partial charge in [0.1, 0.15) is 0 Å². The van der Waals surface area contributed by atoms with Crippen molar-refractivity contribution < 1.29 is 52.4 Å². The van der Waals surface area contributed by atoms with E-state index >= 15 is 0 Å². The van der Waals surface area contributed by atoms with Gasteiger partial charge >= 0.3 is 29.6 Å². The van der Waals surface area contributed by atoms with Gasteiger partial charge in [0.25, 0.3) is 0 Å². The molecule has 0 aromatic carbocycles. The Morgan fingerprint density at radius 3 is 2.50 bits per heavy atom. The standard InChI is InChI=1S/C7H14O5S.Na/c1-3-4-12-5-7(8)6(2)13(9,10)11;/h3,6-8H,1,4-5H2,2H3,(H,9,10,11);/q;+1/p-1. The molecule has 0 aliphatic rings. The molecule has 2 unspecified atom stereocenters. The molecule has 2 atom stereocenters. The van der Waals surface area contributed by atoms with Crippen LogP contribution in [0.2, 0.25) is 0 Å². The third-order valence-electron chi connectivity index (χ3n) is 1.52. The van der Waals surface area contributed by atoms with Gasteiger partial charge in [-0.05, 0) is 6.92 Å². The molecule has 0 aromatic heterocycles. The second kappa shape index (κ2) is 7.81. The maximum absolute atomic E-state index is 10.4. The van der Waals surface area contributed by atoms with E-state index in [9.17, 15) is 13.0 Å². The zero-order valence-corrected chi connectivity index (χ0v) is 11.2. The molecule has 0 aliphatic heterocycles. The predicted octanol–water partition coefficient (Wildman–Crippen LogP) is -3.51. The Morgan fingerprint density at radius 1 is 1.64 bits per heavy atom. The van der Waals surface area contributed by atoms with Crippen LogP contribution >= 0.6 is 0 Å². The van der Waals surface area contributed by atoms with E-state index in [4.69, 9.17) is 9.84 Å². The van der Waals surface area contributed by atoms with E-state index in [2.05, 4.69) is 6.58 Å². The Morgan fingerprint density at radius 2 is 2.14 bits per heavy atom. The Bertz CT molecular complexity index is 251. The predicted molar refractivity (Wildman–Crippen MR) is 46.2 cm³/mol. The van der Waals surface area contributed by atoms with Gasteiger partial charge in [-0.25, -0.2) is 8.42 Å². The van der Waals surface area contributed by atoms with Crippen LogP contribution in [0.4, 0.5) is 0 Å². The molecule has 0 saturated carbocycles. The summed E-state index contributed by atoms with van der Waals surface area (Å²) in [6.07, 6.45) is 0.172. The molecule has 0 bridgehead atoms. The van der Waals surface area contributed by atoms with Crippen LogP contribution in [0.25, 0.3) is 0 Å². The van der Waals surface area contributed by atoms with Crippen molar-refractivity contribution in [3.63, 3.8) is 0 Å². The Kier molecular flexibility index (Phi) is 9.47. The van der Waals surface area contributed by atoms with Gasteiger partial charge < -0.3 is 14.4 Å². The molecule has 1 N–H and O–H groups in total. The minimum atomic E-state index is -4.45. The van der Waals surface area contributed by atoms with Gasteiger partial charge in [0, 0.05) is 0 Å². The van der Waals surface area contributed by atoms with E-state index in [0.717, 1.165) is 6.92 Å². The van der Waals surface area contributed by atoms with Gasteiger partial charge in [-0.15, -0.1) is 6.58 Å². The van der Waals surface area contributed by atoms with Crippen LogP contribution < -0.4 is 29.6 Å². The summed E-state index contributed by atoms with van der Waals surface area (Å²) < 4.78 is 36.0. The quantitative estimate of drug-likeness (QED) is 0.222. The average molecular weight is 232 g/mol. The van der Waals surface area contributed by atoms with E-state index in [0.29, 0.717) is 0 Å². The SMILES string of the molecule is C=CCOCC(O)C(C)S(=O)(=O)[O-].[Na+]. The fourth-order valence-electron chi connectivity index (χ4n) is 0.600. The van der Waals surface area contributed by atoms with Gasteiger partial charge in [0.15, 0.2) is 0 Å². The van der Waals surface area contributed by atoms with Gasteiger partial charge in [0.2, 0.25) is 0 Å². The molecule has 7 heteroatoms. The van der Waals surface area contributed by atoms with Crippen molar-refractivity contribution in [2.24, 2.45) is 0 Å². The minimum Gasteiger partial charge on any atom is -0.748 e. The molecule has 0 heterocycles. The van der Waals surface area contributed by atoms with Crippen molar-refractivity contribution in [2.75, 3.05) is 13.2 Å². The van der Waals surface area contributed by atoms with Crippen molar-refractivity contribution >= 4 is 10.1 Å². The molecule has 5 nitrogen and oxygen atoms in total. The van der Waals surface area contributed by atoms with Crippen molar-refractivity contribution in [3.05, 3.63) is 12.7 Å². The molecule has 0 rings (SSSR count). The number of aliphatic hydroxyl groups is 1. The average Bonchev–Trinajstić information content (AvgIpc) is 2.01. The maximum Gasteiger partial charge on any atom is 1.00 e. The Hall–Kier alpha value is 0.570. The molecule has 0 spiro atoms. The van der Waals surface area contributed by atoms with Crippen LogP contribution in [-0.4, -0.2) is 42.6 Å². The Balaban J connectivity index is 0. The van der Waals surface area contributed by atoms with E-state index in [1.165, 1.54) is 6.08 Å². The molecule has 0 aromatic rings. The first kappa shape index (κ1) is 17.0. The summed E-state index contributed by atoms with van der Waals surface area (Å²) in [7, 11) is -4.45. The molecular formula is C7H13NaO5S. The number of aliphatic hydroxyl groups excluding tert-OH is 1. The molecule has 0 saturated heterocycles. The zero-order valence-electron chi connectivity index (χ0n) is 8.34. The molecule has 0 fully saturated rings. The summed E-state index contributed by atoms with van der Waals surface area (Å²) in [4.78, 5) is 0. The van der Waals surface area contributed by atoms with Crippen LogP contribution in [0.15, 0.2) is 12.7 Å². The van der Waals surface area contributed by atoms with Crippen molar-refractivity contribution in [1.82, 2.24) is 0 Å². The van der Waals surface area contributed by atoms with Gasteiger partial charge in [-0.3, -0.25) is 0 Å². The first-order valence-corrected chi connectivity index (χ1v) is 5.18. The van der Waals surface area contributed by atoms with E-state index < -0.39 is 21.5 Å². The number of ether oxygens (including phenoxy) is 1. The van der Waals surface area contributed by atoms with Crippen molar-refractivity contribution in [3.8, 4) is 0 Å². The van der Waals surface area contributed by atoms with Gasteiger partial charge in [0.05, 0.1) is 34.7 Å².